The number of hydrogen-bond donors (Lipinski definition) is 2. The number of benzene rings is 1. The van der Waals surface area contributed by atoms with Crippen LogP contribution >= 0.6 is 0 Å². The van der Waals surface area contributed by atoms with Crippen LogP contribution in [0.2, 0.25) is 0 Å². The first kappa shape index (κ1) is 14.3. The number of imidazole rings is 1. The Balaban J connectivity index is 2.01. The van der Waals surface area contributed by atoms with Gasteiger partial charge in [0.15, 0.2) is 0 Å². The van der Waals surface area contributed by atoms with Crippen LogP contribution in [-0.4, -0.2) is 33.2 Å². The average molecular weight is 273 g/mol. The van der Waals surface area contributed by atoms with Gasteiger partial charge in [0.2, 0.25) is 0 Å². The molecule has 1 atom stereocenters. The number of aliphatic hydroxyl groups excluding tert-OH is 1. The number of nitrogens with zero attached hydrogens (tertiary/aromatic N) is 2. The van der Waals surface area contributed by atoms with Crippen LogP contribution in [0.25, 0.3) is 0 Å². The molecule has 5 nitrogen and oxygen atoms in total. The second-order valence-electron chi connectivity index (χ2n) is 4.59. The Morgan fingerprint density at radius 2 is 2.15 bits per heavy atom. The Labute approximate surface area is 118 Å². The number of carbonyl (C=O) groups is 1. The Morgan fingerprint density at radius 3 is 2.80 bits per heavy atom. The molecule has 1 aromatic carbocycles. The van der Waals surface area contributed by atoms with E-state index >= 15 is 0 Å². The summed E-state index contributed by atoms with van der Waals surface area (Å²) < 4.78 is 2.00. The smallest absolute Gasteiger partial charge is 0.251 e. The number of aromatic nitrogens is 2. The van der Waals surface area contributed by atoms with Crippen molar-refractivity contribution in [1.29, 1.82) is 0 Å². The third-order valence-corrected chi connectivity index (χ3v) is 3.19. The molecule has 0 aliphatic heterocycles. The van der Waals surface area contributed by atoms with Crippen molar-refractivity contribution in [3.05, 3.63) is 54.1 Å². The van der Waals surface area contributed by atoms with Crippen molar-refractivity contribution in [2.45, 2.75) is 25.9 Å². The van der Waals surface area contributed by atoms with Crippen molar-refractivity contribution in [3.63, 3.8) is 0 Å². The van der Waals surface area contributed by atoms with Crippen LogP contribution < -0.4 is 5.32 Å². The normalized spacial score (nSPS) is 12.1. The van der Waals surface area contributed by atoms with Crippen molar-refractivity contribution in [3.8, 4) is 0 Å². The summed E-state index contributed by atoms with van der Waals surface area (Å²) in [5.74, 6) is -0.174. The molecule has 1 amide bonds. The molecule has 0 saturated carbocycles. The van der Waals surface area contributed by atoms with Crippen LogP contribution in [0.5, 0.6) is 0 Å². The third-order valence-electron chi connectivity index (χ3n) is 3.19. The summed E-state index contributed by atoms with van der Waals surface area (Å²) >= 11 is 0. The average Bonchev–Trinajstić information content (AvgIpc) is 2.94. The molecule has 2 N–H and O–H groups in total. The van der Waals surface area contributed by atoms with E-state index in [1.807, 2.05) is 29.7 Å². The lowest BCUT2D eigenvalue weighted by Crippen LogP contribution is -2.39. The second kappa shape index (κ2) is 6.86. The molecule has 106 valence electrons. The monoisotopic (exact) mass is 273 g/mol. The van der Waals surface area contributed by atoms with Gasteiger partial charge in [-0.1, -0.05) is 18.2 Å². The minimum atomic E-state index is -0.315. The van der Waals surface area contributed by atoms with E-state index in [-0.39, 0.29) is 18.6 Å². The minimum absolute atomic E-state index is 0.104. The van der Waals surface area contributed by atoms with E-state index < -0.39 is 0 Å². The molecule has 0 bridgehead atoms. The fourth-order valence-corrected chi connectivity index (χ4v) is 2.07. The lowest BCUT2D eigenvalue weighted by molar-refractivity contribution is 0.0916. The van der Waals surface area contributed by atoms with E-state index in [0.717, 1.165) is 12.2 Å². The molecule has 1 heterocycles. The Bertz CT molecular complexity index is 551. The summed E-state index contributed by atoms with van der Waals surface area (Å²) in [6.45, 7) is 2.75. The Kier molecular flexibility index (Phi) is 4.90. The molecule has 2 aromatic rings. The van der Waals surface area contributed by atoms with Crippen LogP contribution in [0.3, 0.4) is 0 Å². The number of aryl methyl sites for hydroxylation is 1. The van der Waals surface area contributed by atoms with Gasteiger partial charge in [-0.15, -0.1) is 0 Å². The molecular weight excluding hydrogens is 254 g/mol. The summed E-state index contributed by atoms with van der Waals surface area (Å²) in [5.41, 5.74) is 1.59. The predicted molar refractivity (Wildman–Crippen MR) is 76.4 cm³/mol. The summed E-state index contributed by atoms with van der Waals surface area (Å²) in [6.07, 6.45) is 4.08. The molecular formula is C15H19N3O2. The molecule has 0 aliphatic rings. The molecule has 0 saturated heterocycles. The van der Waals surface area contributed by atoms with E-state index in [2.05, 4.69) is 10.3 Å². The number of carbonyl (C=O) groups excluding carboxylic acids is 1. The number of amides is 1. The number of nitrogens with one attached hydrogen (secondary N) is 1. The van der Waals surface area contributed by atoms with Crippen LogP contribution in [0, 0.1) is 0 Å². The van der Waals surface area contributed by atoms with Gasteiger partial charge in [0.1, 0.15) is 0 Å². The Hall–Kier alpha value is -2.14. The fraction of sp³-hybridized carbons (Fsp3) is 0.333. The molecule has 20 heavy (non-hydrogen) atoms. The maximum absolute atomic E-state index is 12.1. The highest BCUT2D eigenvalue weighted by Crippen LogP contribution is 2.05. The van der Waals surface area contributed by atoms with Gasteiger partial charge >= 0.3 is 0 Å². The lowest BCUT2D eigenvalue weighted by atomic mass is 10.1. The van der Waals surface area contributed by atoms with E-state index in [1.54, 1.807) is 24.7 Å². The Morgan fingerprint density at radius 1 is 1.40 bits per heavy atom. The predicted octanol–water partition coefficient (Wildman–Crippen LogP) is 1.24. The van der Waals surface area contributed by atoms with Crippen molar-refractivity contribution in [2.75, 3.05) is 6.61 Å². The zero-order chi connectivity index (χ0) is 14.4. The SMILES string of the molecule is CCn1cncc1CC(CO)NC(=O)c1ccccc1. The van der Waals surface area contributed by atoms with Gasteiger partial charge in [-0.3, -0.25) is 4.79 Å². The summed E-state index contributed by atoms with van der Waals surface area (Å²) in [6, 6.07) is 8.68. The van der Waals surface area contributed by atoms with E-state index in [1.165, 1.54) is 0 Å². The summed E-state index contributed by atoms with van der Waals surface area (Å²) in [5, 5.41) is 12.3. The van der Waals surface area contributed by atoms with Gasteiger partial charge in [-0.05, 0) is 19.1 Å². The third kappa shape index (κ3) is 3.45. The molecule has 2 rings (SSSR count). The molecule has 5 heteroatoms. The first-order valence-electron chi connectivity index (χ1n) is 6.70. The number of rotatable bonds is 6. The largest absolute Gasteiger partial charge is 0.394 e. The van der Waals surface area contributed by atoms with E-state index in [9.17, 15) is 9.90 Å². The van der Waals surface area contributed by atoms with Crippen LogP contribution in [0.15, 0.2) is 42.9 Å². The van der Waals surface area contributed by atoms with Crippen molar-refractivity contribution < 1.29 is 9.90 Å². The molecule has 0 spiro atoms. The zero-order valence-electron chi connectivity index (χ0n) is 11.5. The molecule has 1 aromatic heterocycles. The highest BCUT2D eigenvalue weighted by atomic mass is 16.3. The first-order valence-corrected chi connectivity index (χ1v) is 6.70. The maximum atomic E-state index is 12.1. The first-order chi connectivity index (χ1) is 9.74. The number of aliphatic hydroxyl groups is 1. The second-order valence-corrected chi connectivity index (χ2v) is 4.59. The minimum Gasteiger partial charge on any atom is -0.394 e. The van der Waals surface area contributed by atoms with Gasteiger partial charge in [0.05, 0.1) is 19.0 Å². The van der Waals surface area contributed by atoms with Gasteiger partial charge < -0.3 is 15.0 Å². The van der Waals surface area contributed by atoms with Crippen LogP contribution in [0.4, 0.5) is 0 Å². The van der Waals surface area contributed by atoms with Gasteiger partial charge in [-0.2, -0.15) is 0 Å². The highest BCUT2D eigenvalue weighted by Gasteiger charge is 2.15. The maximum Gasteiger partial charge on any atom is 0.251 e. The van der Waals surface area contributed by atoms with Crippen LogP contribution in [0.1, 0.15) is 23.0 Å². The molecule has 1 unspecified atom stereocenters. The van der Waals surface area contributed by atoms with Gasteiger partial charge in [0.25, 0.3) is 5.91 Å². The van der Waals surface area contributed by atoms with E-state index in [4.69, 9.17) is 0 Å². The van der Waals surface area contributed by atoms with Gasteiger partial charge in [-0.25, -0.2) is 4.98 Å². The zero-order valence-corrected chi connectivity index (χ0v) is 11.5. The van der Waals surface area contributed by atoms with Crippen molar-refractivity contribution >= 4 is 5.91 Å². The van der Waals surface area contributed by atoms with E-state index in [0.29, 0.717) is 12.0 Å². The molecule has 0 fully saturated rings. The quantitative estimate of drug-likeness (QED) is 0.832. The molecule has 0 radical (unpaired) electrons. The summed E-state index contributed by atoms with van der Waals surface area (Å²) in [4.78, 5) is 16.1. The lowest BCUT2D eigenvalue weighted by Gasteiger charge is -2.17. The summed E-state index contributed by atoms with van der Waals surface area (Å²) in [7, 11) is 0. The molecule has 0 aliphatic carbocycles. The van der Waals surface area contributed by atoms with Crippen molar-refractivity contribution in [2.24, 2.45) is 0 Å². The van der Waals surface area contributed by atoms with Crippen molar-refractivity contribution in [1.82, 2.24) is 14.9 Å². The van der Waals surface area contributed by atoms with Gasteiger partial charge in [0, 0.05) is 30.4 Å². The highest BCUT2D eigenvalue weighted by molar-refractivity contribution is 5.94. The van der Waals surface area contributed by atoms with Crippen LogP contribution in [-0.2, 0) is 13.0 Å². The topological polar surface area (TPSA) is 67.2 Å². The standard InChI is InChI=1S/C15H19N3O2/c1-2-18-11-16-9-14(18)8-13(10-19)17-15(20)12-6-4-3-5-7-12/h3-7,9,11,13,19H,2,8,10H2,1H3,(H,17,20). The fourth-order valence-electron chi connectivity index (χ4n) is 2.07. The number of hydrogen-bond acceptors (Lipinski definition) is 3.